The zero-order valence-corrected chi connectivity index (χ0v) is 13.3. The molecule has 1 aromatic heterocycles. The monoisotopic (exact) mass is 331 g/mol. The van der Waals surface area contributed by atoms with Gasteiger partial charge in [-0.25, -0.2) is 9.97 Å². The first-order valence-electron chi connectivity index (χ1n) is 6.97. The molecule has 0 unspecified atom stereocenters. The molecule has 3 rings (SSSR count). The van der Waals surface area contributed by atoms with Crippen LogP contribution in [0.1, 0.15) is 18.2 Å². The number of nitrogens with zero attached hydrogens (tertiary/aromatic N) is 4. The molecule has 0 atom stereocenters. The Morgan fingerprint density at radius 1 is 1.35 bits per heavy atom. The zero-order chi connectivity index (χ0) is 16.4. The second-order valence-corrected chi connectivity index (χ2v) is 6.04. The maximum atomic E-state index is 6.45. The van der Waals surface area contributed by atoms with Gasteiger partial charge in [0.1, 0.15) is 6.33 Å². The van der Waals surface area contributed by atoms with Crippen molar-refractivity contribution in [3.8, 4) is 11.3 Å². The summed E-state index contributed by atoms with van der Waals surface area (Å²) < 4.78 is 5.30. The van der Waals surface area contributed by atoms with Crippen LogP contribution in [0.2, 0.25) is 5.02 Å². The highest BCUT2D eigenvalue weighted by Crippen LogP contribution is 2.37. The molecule has 2 heterocycles. The summed E-state index contributed by atoms with van der Waals surface area (Å²) in [6.45, 7) is 3.49. The van der Waals surface area contributed by atoms with Gasteiger partial charge in [0.25, 0.3) is 0 Å². The fraction of sp³-hybridized carbons (Fsp3) is 0.267. The summed E-state index contributed by atoms with van der Waals surface area (Å²) in [4.78, 5) is 8.31. The van der Waals surface area contributed by atoms with Crippen LogP contribution in [-0.4, -0.2) is 29.0 Å². The molecule has 2 aromatic rings. The zero-order valence-electron chi connectivity index (χ0n) is 12.5. The van der Waals surface area contributed by atoms with Crippen LogP contribution in [0.5, 0.6) is 0 Å². The second kappa shape index (κ2) is 6.02. The molecule has 0 spiro atoms. The minimum Gasteiger partial charge on any atom is -0.379 e. The van der Waals surface area contributed by atoms with Gasteiger partial charge in [-0.3, -0.25) is 11.3 Å². The van der Waals surface area contributed by atoms with E-state index in [1.807, 2.05) is 18.2 Å². The Labute approximate surface area is 138 Å². The first-order valence-corrected chi connectivity index (χ1v) is 7.35. The third-order valence-electron chi connectivity index (χ3n) is 3.85. The van der Waals surface area contributed by atoms with E-state index in [9.17, 15) is 0 Å². The SMILES string of the molecule is CC1(c2ccc(-c3cc(C(=[NH2+])N=NN)ncn3)cc2Cl)COC1. The standard InChI is InChI=1S/C15H15ClN6O/c1-15(6-23-7-15)10-3-2-9(4-11(10)16)12-5-13(20-8-19-12)14(17)21-22-18/h2-5,8H,6-7H2,1H3,(H3,17,18,21)/p+1. The number of ether oxygens (including phenoxy) is 1. The minimum atomic E-state index is -0.0217. The van der Waals surface area contributed by atoms with Crippen molar-refractivity contribution in [2.45, 2.75) is 12.3 Å². The number of hydrogen-bond donors (Lipinski definition) is 2. The molecular weight excluding hydrogens is 316 g/mol. The van der Waals surface area contributed by atoms with Crippen molar-refractivity contribution >= 4 is 17.4 Å². The van der Waals surface area contributed by atoms with E-state index in [-0.39, 0.29) is 11.3 Å². The van der Waals surface area contributed by atoms with Crippen LogP contribution in [0.25, 0.3) is 11.3 Å². The normalized spacial score (nSPS) is 16.3. The van der Waals surface area contributed by atoms with Crippen molar-refractivity contribution in [3.05, 3.63) is 46.9 Å². The molecule has 1 aromatic carbocycles. The maximum Gasteiger partial charge on any atom is 0.369 e. The summed E-state index contributed by atoms with van der Waals surface area (Å²) in [5.41, 5.74) is 3.05. The van der Waals surface area contributed by atoms with Gasteiger partial charge in [0, 0.05) is 21.2 Å². The minimum absolute atomic E-state index is 0.0217. The van der Waals surface area contributed by atoms with Crippen LogP contribution in [-0.2, 0) is 10.2 Å². The lowest BCUT2D eigenvalue weighted by molar-refractivity contribution is -0.114. The van der Waals surface area contributed by atoms with E-state index in [0.717, 1.165) is 11.1 Å². The lowest BCUT2D eigenvalue weighted by atomic mass is 9.80. The predicted molar refractivity (Wildman–Crippen MR) is 85.7 cm³/mol. The lowest BCUT2D eigenvalue weighted by Crippen LogP contribution is -2.44. The van der Waals surface area contributed by atoms with Crippen LogP contribution in [0.4, 0.5) is 0 Å². The molecule has 1 saturated heterocycles. The summed E-state index contributed by atoms with van der Waals surface area (Å²) in [5, 5.41) is 13.2. The summed E-state index contributed by atoms with van der Waals surface area (Å²) in [6.07, 6.45) is 1.41. The summed E-state index contributed by atoms with van der Waals surface area (Å²) in [7, 11) is 0. The van der Waals surface area contributed by atoms with E-state index in [1.54, 1.807) is 6.07 Å². The lowest BCUT2D eigenvalue weighted by Gasteiger charge is -2.39. The molecule has 0 aliphatic carbocycles. The van der Waals surface area contributed by atoms with Gasteiger partial charge in [-0.05, 0) is 17.7 Å². The second-order valence-electron chi connectivity index (χ2n) is 5.64. The molecule has 1 aliphatic rings. The number of aromatic nitrogens is 2. The molecule has 8 heteroatoms. The average Bonchev–Trinajstić information content (AvgIpc) is 2.53. The molecule has 7 nitrogen and oxygen atoms in total. The largest absolute Gasteiger partial charge is 0.379 e. The Hall–Kier alpha value is -2.38. The molecule has 0 amide bonds. The van der Waals surface area contributed by atoms with Crippen molar-refractivity contribution in [2.75, 3.05) is 13.2 Å². The Balaban J connectivity index is 1.95. The van der Waals surface area contributed by atoms with Gasteiger partial charge in [-0.2, -0.15) is 0 Å². The number of amidine groups is 1. The molecule has 118 valence electrons. The van der Waals surface area contributed by atoms with E-state index in [1.165, 1.54) is 6.33 Å². The number of benzene rings is 1. The van der Waals surface area contributed by atoms with E-state index in [0.29, 0.717) is 29.6 Å². The Morgan fingerprint density at radius 2 is 2.13 bits per heavy atom. The van der Waals surface area contributed by atoms with Gasteiger partial charge < -0.3 is 4.74 Å². The van der Waals surface area contributed by atoms with E-state index in [4.69, 9.17) is 27.6 Å². The first kappa shape index (κ1) is 15.5. The molecule has 1 fully saturated rings. The van der Waals surface area contributed by atoms with Crippen LogP contribution >= 0.6 is 11.6 Å². The van der Waals surface area contributed by atoms with Gasteiger partial charge in [-0.15, -0.1) is 0 Å². The van der Waals surface area contributed by atoms with Gasteiger partial charge in [0.15, 0.2) is 5.69 Å². The smallest absolute Gasteiger partial charge is 0.369 e. The van der Waals surface area contributed by atoms with Crippen molar-refractivity contribution in [1.82, 2.24) is 9.97 Å². The number of nitrogens with two attached hydrogens (primary N) is 2. The Bertz CT molecular complexity index is 787. The average molecular weight is 332 g/mol. The molecular formula is C15H16ClN6O+. The van der Waals surface area contributed by atoms with Crippen molar-refractivity contribution < 1.29 is 10.1 Å². The highest BCUT2D eigenvalue weighted by atomic mass is 35.5. The number of rotatable bonds is 3. The summed E-state index contributed by atoms with van der Waals surface area (Å²) >= 11 is 6.45. The molecule has 1 aliphatic heterocycles. The van der Waals surface area contributed by atoms with Crippen LogP contribution in [0, 0.1) is 0 Å². The molecule has 23 heavy (non-hydrogen) atoms. The highest BCUT2D eigenvalue weighted by Gasteiger charge is 2.36. The van der Waals surface area contributed by atoms with Crippen molar-refractivity contribution in [1.29, 1.82) is 0 Å². The first-order chi connectivity index (χ1) is 11.0. The third-order valence-corrected chi connectivity index (χ3v) is 4.16. The van der Waals surface area contributed by atoms with Crippen molar-refractivity contribution in [3.63, 3.8) is 0 Å². The maximum absolute atomic E-state index is 6.45. The quantitative estimate of drug-likeness (QED) is 0.286. The van der Waals surface area contributed by atoms with Gasteiger partial charge in [0.2, 0.25) is 0 Å². The predicted octanol–water partition coefficient (Wildman–Crippen LogP) is 0.916. The fourth-order valence-electron chi connectivity index (χ4n) is 2.50. The van der Waals surface area contributed by atoms with Crippen LogP contribution < -0.4 is 11.3 Å². The number of halogens is 1. The topological polar surface area (TPSA) is 111 Å². The van der Waals surface area contributed by atoms with Crippen LogP contribution in [0.15, 0.2) is 40.9 Å². The van der Waals surface area contributed by atoms with E-state index < -0.39 is 0 Å². The van der Waals surface area contributed by atoms with E-state index in [2.05, 4.69) is 27.2 Å². The molecule has 0 radical (unpaired) electrons. The highest BCUT2D eigenvalue weighted by molar-refractivity contribution is 6.31. The van der Waals surface area contributed by atoms with Gasteiger partial charge in [-0.1, -0.05) is 30.7 Å². The third kappa shape index (κ3) is 2.93. The number of hydrogen-bond acceptors (Lipinski definition) is 4. The molecule has 0 bridgehead atoms. The summed E-state index contributed by atoms with van der Waals surface area (Å²) in [6, 6.07) is 7.57. The summed E-state index contributed by atoms with van der Waals surface area (Å²) in [5.74, 6) is 5.12. The van der Waals surface area contributed by atoms with Crippen LogP contribution in [0.3, 0.4) is 0 Å². The van der Waals surface area contributed by atoms with E-state index >= 15 is 0 Å². The Morgan fingerprint density at radius 3 is 2.74 bits per heavy atom. The Kier molecular flexibility index (Phi) is 4.06. The molecule has 0 saturated carbocycles. The van der Waals surface area contributed by atoms with Gasteiger partial charge >= 0.3 is 5.84 Å². The molecule has 4 N–H and O–H groups in total. The van der Waals surface area contributed by atoms with Crippen molar-refractivity contribution in [2.24, 2.45) is 16.2 Å². The fourth-order valence-corrected chi connectivity index (χ4v) is 2.91. The van der Waals surface area contributed by atoms with Gasteiger partial charge in [0.05, 0.1) is 24.0 Å².